The van der Waals surface area contributed by atoms with Crippen molar-refractivity contribution in [3.05, 3.63) is 66.6 Å². The lowest BCUT2D eigenvalue weighted by Gasteiger charge is -2.01. The summed E-state index contributed by atoms with van der Waals surface area (Å²) in [5.41, 5.74) is 4.78. The highest BCUT2D eigenvalue weighted by Crippen LogP contribution is 2.25. The Balaban J connectivity index is 3.32. The molecule has 0 aliphatic heterocycles. The summed E-state index contributed by atoms with van der Waals surface area (Å²) < 4.78 is 2.17. The molecule has 0 fully saturated rings. The summed E-state index contributed by atoms with van der Waals surface area (Å²) in [6.07, 6.45) is 14.7. The minimum Gasteiger partial charge on any atom is -0.344 e. The monoisotopic (exact) mass is 239 g/mol. The van der Waals surface area contributed by atoms with Crippen molar-refractivity contribution in [3.63, 3.8) is 0 Å². The average molecular weight is 239 g/mol. The lowest BCUT2D eigenvalue weighted by atomic mass is 10.1. The van der Waals surface area contributed by atoms with Crippen molar-refractivity contribution in [2.24, 2.45) is 7.05 Å². The largest absolute Gasteiger partial charge is 0.344 e. The molecule has 1 nitrogen and oxygen atoms in total. The van der Waals surface area contributed by atoms with Crippen LogP contribution in [0.5, 0.6) is 0 Å². The third-order valence-electron chi connectivity index (χ3n) is 2.96. The van der Waals surface area contributed by atoms with E-state index in [-0.39, 0.29) is 0 Å². The van der Waals surface area contributed by atoms with Crippen molar-refractivity contribution in [2.45, 2.75) is 13.3 Å². The van der Waals surface area contributed by atoms with Crippen LogP contribution >= 0.6 is 0 Å². The molecule has 1 heteroatoms. The molecule has 1 aromatic rings. The van der Waals surface area contributed by atoms with Crippen LogP contribution in [0.2, 0.25) is 0 Å². The molecule has 0 atom stereocenters. The molecule has 0 unspecified atom stereocenters. The molecule has 0 bridgehead atoms. The number of aromatic nitrogens is 1. The molecule has 1 aromatic heterocycles. The SMILES string of the molecule is C=C/C=C\c1c(C)c(C=C)c(/C=C\CC=C)n1C. The van der Waals surface area contributed by atoms with Crippen LogP contribution in [-0.4, -0.2) is 4.57 Å². The second-order valence-corrected chi connectivity index (χ2v) is 4.09. The normalized spacial score (nSPS) is 11.2. The fraction of sp³-hybridized carbons (Fsp3) is 0.176. The lowest BCUT2D eigenvalue weighted by molar-refractivity contribution is 0.898. The van der Waals surface area contributed by atoms with E-state index in [1.54, 1.807) is 6.08 Å². The summed E-state index contributed by atoms with van der Waals surface area (Å²) in [6.45, 7) is 13.4. The molecule has 0 spiro atoms. The van der Waals surface area contributed by atoms with Gasteiger partial charge in [-0.05, 0) is 31.1 Å². The van der Waals surface area contributed by atoms with Crippen LogP contribution in [0.1, 0.15) is 28.9 Å². The molecule has 0 saturated heterocycles. The van der Waals surface area contributed by atoms with E-state index in [0.717, 1.165) is 6.42 Å². The van der Waals surface area contributed by atoms with Crippen molar-refractivity contribution in [3.8, 4) is 0 Å². The van der Waals surface area contributed by atoms with E-state index in [2.05, 4.69) is 56.5 Å². The van der Waals surface area contributed by atoms with Gasteiger partial charge in [-0.1, -0.05) is 43.5 Å². The zero-order chi connectivity index (χ0) is 13.5. The average Bonchev–Trinajstić information content (AvgIpc) is 2.59. The van der Waals surface area contributed by atoms with Gasteiger partial charge in [-0.25, -0.2) is 0 Å². The van der Waals surface area contributed by atoms with Gasteiger partial charge in [0.2, 0.25) is 0 Å². The van der Waals surface area contributed by atoms with Gasteiger partial charge in [0.05, 0.1) is 0 Å². The van der Waals surface area contributed by atoms with Gasteiger partial charge in [-0.2, -0.15) is 0 Å². The lowest BCUT2D eigenvalue weighted by Crippen LogP contribution is -1.94. The summed E-state index contributed by atoms with van der Waals surface area (Å²) in [4.78, 5) is 0. The maximum Gasteiger partial charge on any atom is 0.0481 e. The molecule has 0 aliphatic carbocycles. The van der Waals surface area contributed by atoms with Gasteiger partial charge >= 0.3 is 0 Å². The standard InChI is InChI=1S/C17H21N/c1-6-9-11-13-17-15(8-3)14(4)16(18(17)5)12-10-7-2/h6-8,10-13H,1-3,9H2,4-5H3/b12-10-,13-11-. The highest BCUT2D eigenvalue weighted by atomic mass is 15.0. The Kier molecular flexibility index (Phi) is 5.19. The van der Waals surface area contributed by atoms with Gasteiger partial charge < -0.3 is 4.57 Å². The number of rotatable bonds is 6. The van der Waals surface area contributed by atoms with Gasteiger partial charge in [0.1, 0.15) is 0 Å². The van der Waals surface area contributed by atoms with Crippen molar-refractivity contribution in [2.75, 3.05) is 0 Å². The smallest absolute Gasteiger partial charge is 0.0481 e. The molecule has 1 heterocycles. The number of hydrogen-bond acceptors (Lipinski definition) is 0. The molecule has 0 radical (unpaired) electrons. The fourth-order valence-electron chi connectivity index (χ4n) is 2.02. The first-order valence-corrected chi connectivity index (χ1v) is 6.05. The summed E-state index contributed by atoms with van der Waals surface area (Å²) in [7, 11) is 2.07. The van der Waals surface area contributed by atoms with Gasteiger partial charge in [-0.15, -0.1) is 6.58 Å². The Bertz CT molecular complexity index is 510. The molecule has 1 rings (SSSR count). The topological polar surface area (TPSA) is 4.93 Å². The number of nitrogens with zero attached hydrogens (tertiary/aromatic N) is 1. The van der Waals surface area contributed by atoms with E-state index in [1.807, 2.05) is 18.2 Å². The van der Waals surface area contributed by atoms with Crippen molar-refractivity contribution >= 4 is 18.2 Å². The molecule has 0 saturated carbocycles. The van der Waals surface area contributed by atoms with Crippen molar-refractivity contribution in [1.82, 2.24) is 4.57 Å². The van der Waals surface area contributed by atoms with E-state index in [1.165, 1.54) is 22.5 Å². The van der Waals surface area contributed by atoms with E-state index < -0.39 is 0 Å². The second kappa shape index (κ2) is 6.65. The maximum atomic E-state index is 3.90. The first-order valence-electron chi connectivity index (χ1n) is 6.05. The Labute approximate surface area is 110 Å². The molecule has 0 aliphatic rings. The third-order valence-corrected chi connectivity index (χ3v) is 2.96. The van der Waals surface area contributed by atoms with Gasteiger partial charge in [0, 0.05) is 24.0 Å². The molecule has 0 N–H and O–H groups in total. The van der Waals surface area contributed by atoms with Gasteiger partial charge in [0.25, 0.3) is 0 Å². The van der Waals surface area contributed by atoms with Crippen LogP contribution in [0.15, 0.2) is 44.0 Å². The molecular formula is C17H21N. The Hall–Kier alpha value is -2.02. The van der Waals surface area contributed by atoms with Crippen LogP contribution < -0.4 is 0 Å². The van der Waals surface area contributed by atoms with Crippen LogP contribution in [0.4, 0.5) is 0 Å². The van der Waals surface area contributed by atoms with E-state index in [0.29, 0.717) is 0 Å². The van der Waals surface area contributed by atoms with Crippen LogP contribution in [-0.2, 0) is 7.05 Å². The summed E-state index contributed by atoms with van der Waals surface area (Å²) in [5, 5.41) is 0. The van der Waals surface area contributed by atoms with Crippen LogP contribution in [0.25, 0.3) is 18.2 Å². The van der Waals surface area contributed by atoms with Crippen LogP contribution in [0, 0.1) is 6.92 Å². The first-order chi connectivity index (χ1) is 8.67. The predicted molar refractivity (Wildman–Crippen MR) is 83.3 cm³/mol. The van der Waals surface area contributed by atoms with Gasteiger partial charge in [-0.3, -0.25) is 0 Å². The minimum atomic E-state index is 0.874. The van der Waals surface area contributed by atoms with Crippen molar-refractivity contribution < 1.29 is 0 Å². The zero-order valence-electron chi connectivity index (χ0n) is 11.3. The van der Waals surface area contributed by atoms with Crippen molar-refractivity contribution in [1.29, 1.82) is 0 Å². The van der Waals surface area contributed by atoms with E-state index in [9.17, 15) is 0 Å². The third kappa shape index (κ3) is 2.80. The summed E-state index contributed by atoms with van der Waals surface area (Å²) in [6, 6.07) is 0. The first kappa shape index (κ1) is 14.0. The Morgan fingerprint density at radius 1 is 1.11 bits per heavy atom. The maximum absolute atomic E-state index is 3.90. The summed E-state index contributed by atoms with van der Waals surface area (Å²) >= 11 is 0. The summed E-state index contributed by atoms with van der Waals surface area (Å²) in [5.74, 6) is 0. The zero-order valence-corrected chi connectivity index (χ0v) is 11.3. The molecule has 94 valence electrons. The molecular weight excluding hydrogens is 218 g/mol. The van der Waals surface area contributed by atoms with Crippen LogP contribution in [0.3, 0.4) is 0 Å². The Morgan fingerprint density at radius 3 is 2.39 bits per heavy atom. The minimum absolute atomic E-state index is 0.874. The fourth-order valence-corrected chi connectivity index (χ4v) is 2.02. The second-order valence-electron chi connectivity index (χ2n) is 4.09. The van der Waals surface area contributed by atoms with E-state index in [4.69, 9.17) is 0 Å². The van der Waals surface area contributed by atoms with E-state index >= 15 is 0 Å². The number of hydrogen-bond donors (Lipinski definition) is 0. The molecule has 18 heavy (non-hydrogen) atoms. The van der Waals surface area contributed by atoms with Gasteiger partial charge in [0.15, 0.2) is 0 Å². The molecule has 0 aromatic carbocycles. The predicted octanol–water partition coefficient (Wildman–Crippen LogP) is 4.77. The Morgan fingerprint density at radius 2 is 1.83 bits per heavy atom. The highest BCUT2D eigenvalue weighted by Gasteiger charge is 2.11. The highest BCUT2D eigenvalue weighted by molar-refractivity contribution is 5.71. The number of allylic oxidation sites excluding steroid dienone is 4. The molecule has 0 amide bonds. The quantitative estimate of drug-likeness (QED) is 0.498.